The number of hydrogen-bond acceptors (Lipinski definition) is 7. The monoisotopic (exact) mass is 713 g/mol. The molecule has 1 unspecified atom stereocenters. The van der Waals surface area contributed by atoms with E-state index >= 15 is 0 Å². The van der Waals surface area contributed by atoms with Crippen LogP contribution in [0.2, 0.25) is 0 Å². The minimum atomic E-state index is -0.852. The van der Waals surface area contributed by atoms with E-state index in [-0.39, 0.29) is 31.2 Å². The third-order valence-corrected chi connectivity index (χ3v) is 9.78. The topological polar surface area (TPSA) is 94.2 Å². The Bertz CT molecular complexity index is 810. The smallest absolute Gasteiger partial charge is 0.407 e. The van der Waals surface area contributed by atoms with Crippen molar-refractivity contribution in [1.82, 2.24) is 10.2 Å². The Labute approximate surface area is 306 Å². The zero-order valence-electron chi connectivity index (χ0n) is 32.5. The van der Waals surface area contributed by atoms with Gasteiger partial charge in [0.05, 0.1) is 6.04 Å². The molecule has 0 aromatic rings. The molecule has 0 spiro atoms. The molecule has 9 heteroatoms. The average molecular weight is 713 g/mol. The molecule has 1 rings (SSSR count). The number of esters is 2. The number of unbranched alkanes of at least 4 members (excludes halogenated alkanes) is 24. The minimum Gasteiger partial charge on any atom is -0.462 e. The van der Waals surface area contributed by atoms with Crippen LogP contribution in [0.5, 0.6) is 0 Å². The van der Waals surface area contributed by atoms with Gasteiger partial charge in [0.15, 0.2) is 6.10 Å². The molecule has 1 N–H and O–H groups in total. The van der Waals surface area contributed by atoms with Crippen molar-refractivity contribution in [3.63, 3.8) is 0 Å². The molecule has 1 aliphatic rings. The van der Waals surface area contributed by atoms with Crippen molar-refractivity contribution in [2.75, 3.05) is 39.5 Å². The number of amides is 1. The van der Waals surface area contributed by atoms with Crippen molar-refractivity contribution >= 4 is 18.0 Å². The van der Waals surface area contributed by atoms with Gasteiger partial charge in [-0.05, 0) is 12.8 Å². The number of nitrogens with zero attached hydrogens (tertiary/aromatic N) is 1. The van der Waals surface area contributed by atoms with Gasteiger partial charge in [0.2, 0.25) is 0 Å². The van der Waals surface area contributed by atoms with Crippen LogP contribution in [0.3, 0.4) is 0 Å². The van der Waals surface area contributed by atoms with E-state index in [0.717, 1.165) is 38.5 Å². The molecule has 0 aliphatic carbocycles. The van der Waals surface area contributed by atoms with Gasteiger partial charge in [-0.1, -0.05) is 168 Å². The Morgan fingerprint density at radius 1 is 0.580 bits per heavy atom. The van der Waals surface area contributed by atoms with Crippen LogP contribution in [0.1, 0.15) is 194 Å². The number of alkyl halides is 1. The highest BCUT2D eigenvalue weighted by atomic mass is 19.1. The Kier molecular flexibility index (Phi) is 31.5. The first-order valence-electron chi connectivity index (χ1n) is 21.0. The summed E-state index contributed by atoms with van der Waals surface area (Å²) in [7, 11) is 0. The van der Waals surface area contributed by atoms with E-state index in [4.69, 9.17) is 14.2 Å². The summed E-state index contributed by atoms with van der Waals surface area (Å²) in [4.78, 5) is 39.3. The van der Waals surface area contributed by atoms with Gasteiger partial charge in [0, 0.05) is 32.5 Å². The van der Waals surface area contributed by atoms with E-state index in [0.29, 0.717) is 32.5 Å². The molecule has 1 atom stereocenters. The average Bonchev–Trinajstić information content (AvgIpc) is 3.09. The lowest BCUT2D eigenvalue weighted by Gasteiger charge is -2.38. The number of likely N-dealkylation sites (tertiary alicyclic amines) is 1. The van der Waals surface area contributed by atoms with E-state index in [1.165, 1.54) is 128 Å². The molecule has 294 valence electrons. The molecule has 0 aromatic carbocycles. The highest BCUT2D eigenvalue weighted by Crippen LogP contribution is 2.15. The van der Waals surface area contributed by atoms with Gasteiger partial charge in [0.25, 0.3) is 0 Å². The van der Waals surface area contributed by atoms with Crippen LogP contribution < -0.4 is 5.32 Å². The Hall–Kier alpha value is -1.90. The van der Waals surface area contributed by atoms with E-state index in [1.807, 2.05) is 4.90 Å². The third-order valence-electron chi connectivity index (χ3n) is 9.78. The standard InChI is InChI=1S/C41H77FN2O6/c1-3-5-7-9-11-13-15-17-19-21-23-25-27-29-39(45)48-35-38(36-49-41(47)43-37-33-44(34-37)32-31-42)50-40(46)30-28-26-24-22-20-18-16-14-12-10-8-6-4-2/h37-38H,3-36H2,1-2H3,(H,43,47). The van der Waals surface area contributed by atoms with Crippen LogP contribution in [-0.4, -0.2) is 74.6 Å². The molecular weight excluding hydrogens is 635 g/mol. The summed E-state index contributed by atoms with van der Waals surface area (Å²) in [6, 6.07) is -0.0938. The number of ether oxygens (including phenoxy) is 3. The van der Waals surface area contributed by atoms with Gasteiger partial charge in [-0.2, -0.15) is 0 Å². The zero-order valence-corrected chi connectivity index (χ0v) is 32.5. The van der Waals surface area contributed by atoms with Crippen molar-refractivity contribution in [3.8, 4) is 0 Å². The maximum Gasteiger partial charge on any atom is 0.407 e. The lowest BCUT2D eigenvalue weighted by Crippen LogP contribution is -2.59. The highest BCUT2D eigenvalue weighted by molar-refractivity contribution is 5.70. The fraction of sp³-hybridized carbons (Fsp3) is 0.927. The first kappa shape index (κ1) is 46.1. The summed E-state index contributed by atoms with van der Waals surface area (Å²) in [5.74, 6) is -0.687. The minimum absolute atomic E-state index is 0.0938. The Morgan fingerprint density at radius 3 is 1.38 bits per heavy atom. The van der Waals surface area contributed by atoms with Gasteiger partial charge < -0.3 is 19.5 Å². The fourth-order valence-electron chi connectivity index (χ4n) is 6.53. The molecule has 1 fully saturated rings. The predicted octanol–water partition coefficient (Wildman–Crippen LogP) is 10.8. The van der Waals surface area contributed by atoms with E-state index < -0.39 is 18.9 Å². The molecule has 8 nitrogen and oxygen atoms in total. The van der Waals surface area contributed by atoms with Crippen molar-refractivity contribution in [2.45, 2.75) is 206 Å². The van der Waals surface area contributed by atoms with Gasteiger partial charge in [-0.3, -0.25) is 14.5 Å². The van der Waals surface area contributed by atoms with Gasteiger partial charge in [-0.15, -0.1) is 0 Å². The molecule has 0 bridgehead atoms. The van der Waals surface area contributed by atoms with Crippen molar-refractivity contribution in [3.05, 3.63) is 0 Å². The number of halogens is 1. The molecule has 0 saturated carbocycles. The summed E-state index contributed by atoms with van der Waals surface area (Å²) in [6.45, 7) is 5.27. The second kappa shape index (κ2) is 34.2. The first-order valence-corrected chi connectivity index (χ1v) is 21.0. The van der Waals surface area contributed by atoms with Crippen LogP contribution in [-0.2, 0) is 23.8 Å². The van der Waals surface area contributed by atoms with Crippen molar-refractivity contribution < 1.29 is 33.0 Å². The normalized spacial score (nSPS) is 13.9. The number of nitrogens with one attached hydrogen (secondary N) is 1. The molecule has 1 aliphatic heterocycles. The molecule has 50 heavy (non-hydrogen) atoms. The molecule has 0 radical (unpaired) electrons. The maximum atomic E-state index is 12.6. The van der Waals surface area contributed by atoms with Crippen molar-refractivity contribution in [2.24, 2.45) is 0 Å². The second-order valence-corrected chi connectivity index (χ2v) is 14.7. The maximum absolute atomic E-state index is 12.6. The Morgan fingerprint density at radius 2 is 0.960 bits per heavy atom. The molecule has 1 saturated heterocycles. The van der Waals surface area contributed by atoms with Crippen molar-refractivity contribution in [1.29, 1.82) is 0 Å². The summed E-state index contributed by atoms with van der Waals surface area (Å²) in [5, 5.41) is 2.75. The number of hydrogen-bond donors (Lipinski definition) is 1. The zero-order chi connectivity index (χ0) is 36.3. The van der Waals surface area contributed by atoms with Gasteiger partial charge in [0.1, 0.15) is 19.9 Å². The molecule has 0 aromatic heterocycles. The highest BCUT2D eigenvalue weighted by Gasteiger charge is 2.28. The van der Waals surface area contributed by atoms with Gasteiger partial charge in [-0.25, -0.2) is 9.18 Å². The summed E-state index contributed by atoms with van der Waals surface area (Å²) in [6.07, 6.45) is 31.2. The largest absolute Gasteiger partial charge is 0.462 e. The Balaban J connectivity index is 2.24. The van der Waals surface area contributed by atoms with E-state index in [2.05, 4.69) is 19.2 Å². The summed E-state index contributed by atoms with van der Waals surface area (Å²) in [5.41, 5.74) is 0. The molecular formula is C41H77FN2O6. The van der Waals surface area contributed by atoms with Gasteiger partial charge >= 0.3 is 18.0 Å². The first-order chi connectivity index (χ1) is 24.5. The SMILES string of the molecule is CCCCCCCCCCCCCCCC(=O)OCC(COC(=O)NC1CN(CCF)C1)OC(=O)CCCCCCCCCCCCCCC. The lowest BCUT2D eigenvalue weighted by molar-refractivity contribution is -0.161. The number of carbonyl (C=O) groups is 3. The summed E-state index contributed by atoms with van der Waals surface area (Å²) < 4.78 is 28.9. The van der Waals surface area contributed by atoms with Crippen LogP contribution in [0.15, 0.2) is 0 Å². The van der Waals surface area contributed by atoms with E-state index in [1.54, 1.807) is 0 Å². The number of rotatable bonds is 36. The van der Waals surface area contributed by atoms with Crippen LogP contribution >= 0.6 is 0 Å². The number of alkyl carbamates (subject to hydrolysis) is 1. The second-order valence-electron chi connectivity index (χ2n) is 14.7. The summed E-state index contributed by atoms with van der Waals surface area (Å²) >= 11 is 0. The fourth-order valence-corrected chi connectivity index (χ4v) is 6.53. The van der Waals surface area contributed by atoms with Crippen LogP contribution in [0.4, 0.5) is 9.18 Å². The molecule has 1 heterocycles. The number of carbonyl (C=O) groups excluding carboxylic acids is 3. The van der Waals surface area contributed by atoms with Crippen LogP contribution in [0, 0.1) is 0 Å². The quantitative estimate of drug-likeness (QED) is 0.0392. The predicted molar refractivity (Wildman–Crippen MR) is 202 cm³/mol. The molecule has 1 amide bonds. The van der Waals surface area contributed by atoms with Crippen LogP contribution in [0.25, 0.3) is 0 Å². The lowest BCUT2D eigenvalue weighted by atomic mass is 10.0. The third kappa shape index (κ3) is 28.8. The van der Waals surface area contributed by atoms with E-state index in [9.17, 15) is 18.8 Å².